The molecule has 1 saturated heterocycles. The zero-order valence-electron chi connectivity index (χ0n) is 14.1. The minimum absolute atomic E-state index is 0.0299. The van der Waals surface area contributed by atoms with Crippen molar-refractivity contribution >= 4 is 29.3 Å². The van der Waals surface area contributed by atoms with Crippen molar-refractivity contribution in [2.75, 3.05) is 31.1 Å². The van der Waals surface area contributed by atoms with Gasteiger partial charge in [0.05, 0.1) is 7.05 Å². The van der Waals surface area contributed by atoms with Crippen LogP contribution in [-0.2, 0) is 7.05 Å². The normalized spacial score (nSPS) is 18.3. The Hall–Kier alpha value is -2.63. The number of pyridine rings is 1. The number of nitro groups is 1. The van der Waals surface area contributed by atoms with Crippen molar-refractivity contribution in [2.45, 2.75) is 0 Å². The van der Waals surface area contributed by atoms with Crippen LogP contribution in [0.5, 0.6) is 0 Å². The van der Waals surface area contributed by atoms with E-state index >= 15 is 0 Å². The number of imidazole rings is 1. The highest BCUT2D eigenvalue weighted by atomic mass is 32.2. The molecule has 4 heterocycles. The SMILES string of the molecule is Cn1c([N+](=O)[O-])cnc1C1=CSNN1N1CCN(c2ccccn2)CC1. The molecule has 2 aromatic rings. The first-order valence-corrected chi connectivity index (χ1v) is 9.02. The van der Waals surface area contributed by atoms with Gasteiger partial charge in [-0.15, -0.1) is 0 Å². The molecule has 26 heavy (non-hydrogen) atoms. The fourth-order valence-electron chi connectivity index (χ4n) is 3.06. The minimum Gasteiger partial charge on any atom is -0.358 e. The van der Waals surface area contributed by atoms with E-state index in [2.05, 4.69) is 24.7 Å². The zero-order valence-corrected chi connectivity index (χ0v) is 15.0. The molecule has 2 aliphatic heterocycles. The Kier molecular flexibility index (Phi) is 4.49. The Morgan fingerprint density at radius 2 is 2.04 bits per heavy atom. The number of anilines is 1. The number of hydrogen-bond acceptors (Lipinski definition) is 9. The van der Waals surface area contributed by atoms with Gasteiger partial charge < -0.3 is 15.0 Å². The standard InChI is InChI=1S/C15H18N8O2S/c1-19-14(23(24)25)10-17-15(19)12-11-26-18-22(12)21-8-6-20(7-9-21)13-4-2-3-5-16-13/h2-5,10-11,18H,6-9H2,1H3. The van der Waals surface area contributed by atoms with Crippen molar-refractivity contribution in [3.8, 4) is 0 Å². The number of nitrogens with zero attached hydrogens (tertiary/aromatic N) is 7. The third-order valence-corrected chi connectivity index (χ3v) is 5.05. The van der Waals surface area contributed by atoms with Crippen LogP contribution in [0.3, 0.4) is 0 Å². The van der Waals surface area contributed by atoms with E-state index in [1.165, 1.54) is 22.7 Å². The number of piperazine rings is 1. The quantitative estimate of drug-likeness (QED) is 0.481. The van der Waals surface area contributed by atoms with Crippen LogP contribution in [0, 0.1) is 10.1 Å². The second-order valence-electron chi connectivity index (χ2n) is 5.91. The summed E-state index contributed by atoms with van der Waals surface area (Å²) in [5, 5.41) is 17.1. The first kappa shape index (κ1) is 16.8. The van der Waals surface area contributed by atoms with E-state index in [-0.39, 0.29) is 5.82 Å². The van der Waals surface area contributed by atoms with Crippen molar-refractivity contribution < 1.29 is 4.92 Å². The fraction of sp³-hybridized carbons (Fsp3) is 0.333. The topological polar surface area (TPSA) is 95.6 Å². The molecule has 11 heteroatoms. The van der Waals surface area contributed by atoms with E-state index in [1.807, 2.05) is 28.7 Å². The molecule has 1 fully saturated rings. The second kappa shape index (κ2) is 6.94. The maximum atomic E-state index is 11.1. The van der Waals surface area contributed by atoms with Crippen LogP contribution in [0.15, 0.2) is 36.0 Å². The maximum Gasteiger partial charge on any atom is 0.342 e. The molecule has 0 unspecified atom stereocenters. The van der Waals surface area contributed by atoms with Crippen molar-refractivity contribution in [3.05, 3.63) is 51.9 Å². The summed E-state index contributed by atoms with van der Waals surface area (Å²) in [4.78, 5) is 24.8. The van der Waals surface area contributed by atoms with Gasteiger partial charge >= 0.3 is 5.82 Å². The number of hydrogen-bond donors (Lipinski definition) is 1. The summed E-state index contributed by atoms with van der Waals surface area (Å²) in [6, 6.07) is 5.91. The van der Waals surface area contributed by atoms with Crippen LogP contribution in [0.4, 0.5) is 11.6 Å². The zero-order chi connectivity index (χ0) is 18.1. The van der Waals surface area contributed by atoms with Gasteiger partial charge in [0.1, 0.15) is 17.7 Å². The summed E-state index contributed by atoms with van der Waals surface area (Å²) >= 11 is 1.43. The van der Waals surface area contributed by atoms with Crippen LogP contribution in [0.1, 0.15) is 5.82 Å². The van der Waals surface area contributed by atoms with E-state index < -0.39 is 4.92 Å². The lowest BCUT2D eigenvalue weighted by atomic mass is 10.3. The molecular formula is C15H18N8O2S. The molecule has 1 N–H and O–H groups in total. The van der Waals surface area contributed by atoms with Crippen molar-refractivity contribution in [1.82, 2.24) is 29.5 Å². The molecule has 0 atom stereocenters. The molecule has 0 spiro atoms. The Bertz CT molecular complexity index is 831. The highest BCUT2D eigenvalue weighted by molar-refractivity contribution is 8.00. The predicted molar refractivity (Wildman–Crippen MR) is 98.4 cm³/mol. The molecule has 0 bridgehead atoms. The van der Waals surface area contributed by atoms with Gasteiger partial charge in [-0.1, -0.05) is 6.07 Å². The number of aromatic nitrogens is 3. The maximum absolute atomic E-state index is 11.1. The molecule has 136 valence electrons. The monoisotopic (exact) mass is 374 g/mol. The summed E-state index contributed by atoms with van der Waals surface area (Å²) in [5.41, 5.74) is 0.803. The number of nitrogens with one attached hydrogen (secondary N) is 1. The third kappa shape index (κ3) is 3.00. The minimum atomic E-state index is -0.428. The largest absolute Gasteiger partial charge is 0.358 e. The van der Waals surface area contributed by atoms with Crippen molar-refractivity contribution in [3.63, 3.8) is 0 Å². The first-order chi connectivity index (χ1) is 12.6. The highest BCUT2D eigenvalue weighted by Crippen LogP contribution is 2.30. The van der Waals surface area contributed by atoms with Gasteiger partial charge in [-0.2, -0.15) is 4.83 Å². The van der Waals surface area contributed by atoms with Crippen LogP contribution in [0.2, 0.25) is 0 Å². The molecule has 0 amide bonds. The predicted octanol–water partition coefficient (Wildman–Crippen LogP) is 1.23. The third-order valence-electron chi connectivity index (χ3n) is 4.43. The molecule has 2 aliphatic rings. The molecule has 0 saturated carbocycles. The Balaban J connectivity index is 1.47. The summed E-state index contributed by atoms with van der Waals surface area (Å²) < 4.78 is 1.50. The molecule has 2 aromatic heterocycles. The van der Waals surface area contributed by atoms with Gasteiger partial charge in [0.2, 0.25) is 5.82 Å². The summed E-state index contributed by atoms with van der Waals surface area (Å²) in [5.74, 6) is 1.51. The molecule has 0 radical (unpaired) electrons. The smallest absolute Gasteiger partial charge is 0.342 e. The molecular weight excluding hydrogens is 356 g/mol. The lowest BCUT2D eigenvalue weighted by Crippen LogP contribution is -2.55. The summed E-state index contributed by atoms with van der Waals surface area (Å²) in [6.45, 7) is 3.28. The van der Waals surface area contributed by atoms with E-state index in [1.54, 1.807) is 13.2 Å². The van der Waals surface area contributed by atoms with Gasteiger partial charge in [0, 0.05) is 37.8 Å². The summed E-state index contributed by atoms with van der Waals surface area (Å²) in [6.07, 6.45) is 3.09. The van der Waals surface area contributed by atoms with Crippen LogP contribution < -0.4 is 9.73 Å². The van der Waals surface area contributed by atoms with Crippen LogP contribution in [-0.4, -0.2) is 55.8 Å². The van der Waals surface area contributed by atoms with Gasteiger partial charge in [-0.25, -0.2) is 24.7 Å². The van der Waals surface area contributed by atoms with E-state index in [0.717, 1.165) is 37.7 Å². The average Bonchev–Trinajstić information content (AvgIpc) is 3.29. The lowest BCUT2D eigenvalue weighted by molar-refractivity contribution is -0.391. The van der Waals surface area contributed by atoms with Gasteiger partial charge in [0.15, 0.2) is 0 Å². The van der Waals surface area contributed by atoms with Crippen molar-refractivity contribution in [1.29, 1.82) is 0 Å². The Morgan fingerprint density at radius 1 is 1.23 bits per heavy atom. The van der Waals surface area contributed by atoms with E-state index in [0.29, 0.717) is 5.82 Å². The van der Waals surface area contributed by atoms with E-state index in [4.69, 9.17) is 0 Å². The van der Waals surface area contributed by atoms with Gasteiger partial charge in [0.25, 0.3) is 0 Å². The van der Waals surface area contributed by atoms with Crippen molar-refractivity contribution in [2.24, 2.45) is 7.05 Å². The van der Waals surface area contributed by atoms with Gasteiger partial charge in [-0.3, -0.25) is 0 Å². The fourth-order valence-corrected chi connectivity index (χ4v) is 3.75. The second-order valence-corrected chi connectivity index (χ2v) is 6.56. The molecule has 4 rings (SSSR count). The number of hydrazine groups is 2. The average molecular weight is 374 g/mol. The Morgan fingerprint density at radius 3 is 2.69 bits per heavy atom. The number of rotatable bonds is 4. The lowest BCUT2D eigenvalue weighted by Gasteiger charge is -2.40. The highest BCUT2D eigenvalue weighted by Gasteiger charge is 2.32. The van der Waals surface area contributed by atoms with Crippen LogP contribution >= 0.6 is 11.9 Å². The molecule has 10 nitrogen and oxygen atoms in total. The Labute approximate surface area is 154 Å². The molecule has 0 aliphatic carbocycles. The molecule has 0 aromatic carbocycles. The van der Waals surface area contributed by atoms with Crippen LogP contribution in [0.25, 0.3) is 5.70 Å². The van der Waals surface area contributed by atoms with E-state index in [9.17, 15) is 10.1 Å². The van der Waals surface area contributed by atoms with Gasteiger partial charge in [-0.05, 0) is 29.0 Å². The first-order valence-electron chi connectivity index (χ1n) is 8.14. The summed E-state index contributed by atoms with van der Waals surface area (Å²) in [7, 11) is 1.65.